The molecule has 0 aliphatic heterocycles. The number of aromatic hydroxyl groups is 1. The molecule has 0 atom stereocenters. The summed E-state index contributed by atoms with van der Waals surface area (Å²) in [6, 6.07) is 3.81. The molecule has 1 aromatic carbocycles. The first kappa shape index (κ1) is 11.0. The van der Waals surface area contributed by atoms with Gasteiger partial charge in [0.25, 0.3) is 0 Å². The Morgan fingerprint density at radius 3 is 2.80 bits per heavy atom. The Kier molecular flexibility index (Phi) is 3.22. The van der Waals surface area contributed by atoms with Crippen molar-refractivity contribution in [2.24, 2.45) is 0 Å². The maximum absolute atomic E-state index is 10.5. The van der Waals surface area contributed by atoms with E-state index in [2.05, 4.69) is 4.74 Å². The number of carbonyl (C=O) groups is 1. The van der Waals surface area contributed by atoms with Gasteiger partial charge < -0.3 is 9.84 Å². The highest BCUT2D eigenvalue weighted by molar-refractivity contribution is 5.66. The molecule has 0 heterocycles. The van der Waals surface area contributed by atoms with E-state index in [0.717, 1.165) is 6.07 Å². The fourth-order valence-electron chi connectivity index (χ4n) is 0.990. The van der Waals surface area contributed by atoms with Crippen LogP contribution in [0.15, 0.2) is 18.2 Å². The van der Waals surface area contributed by atoms with Crippen molar-refractivity contribution in [2.45, 2.75) is 13.5 Å². The number of hydrogen-bond donors (Lipinski definition) is 1. The molecule has 0 unspecified atom stereocenters. The van der Waals surface area contributed by atoms with Gasteiger partial charge in [0.15, 0.2) is 5.75 Å². The van der Waals surface area contributed by atoms with Gasteiger partial charge in [0.1, 0.15) is 6.61 Å². The van der Waals surface area contributed by atoms with Crippen LogP contribution in [-0.2, 0) is 16.1 Å². The number of benzene rings is 1. The molecule has 0 radical (unpaired) electrons. The molecule has 0 amide bonds. The second-order valence-corrected chi connectivity index (χ2v) is 2.86. The third-order valence-corrected chi connectivity index (χ3v) is 1.68. The van der Waals surface area contributed by atoms with Gasteiger partial charge in [0.2, 0.25) is 0 Å². The van der Waals surface area contributed by atoms with E-state index < -0.39 is 22.3 Å². The Morgan fingerprint density at radius 2 is 2.27 bits per heavy atom. The van der Waals surface area contributed by atoms with Crippen molar-refractivity contribution in [3.63, 3.8) is 0 Å². The highest BCUT2D eigenvalue weighted by atomic mass is 16.6. The maximum Gasteiger partial charge on any atom is 0.311 e. The van der Waals surface area contributed by atoms with E-state index >= 15 is 0 Å². The summed E-state index contributed by atoms with van der Waals surface area (Å²) >= 11 is 0. The molecular formula is C9H9NO5. The van der Waals surface area contributed by atoms with Gasteiger partial charge in [0.05, 0.1) is 4.92 Å². The fourth-order valence-corrected chi connectivity index (χ4v) is 0.990. The van der Waals surface area contributed by atoms with Gasteiger partial charge in [-0.05, 0) is 11.6 Å². The van der Waals surface area contributed by atoms with Gasteiger partial charge in [-0.15, -0.1) is 0 Å². The van der Waals surface area contributed by atoms with Crippen LogP contribution in [0.25, 0.3) is 0 Å². The number of esters is 1. The minimum atomic E-state index is -0.702. The Hall–Kier alpha value is -2.11. The van der Waals surface area contributed by atoms with Gasteiger partial charge in [-0.2, -0.15) is 0 Å². The Morgan fingerprint density at radius 1 is 1.60 bits per heavy atom. The van der Waals surface area contributed by atoms with Crippen LogP contribution in [0, 0.1) is 10.1 Å². The predicted molar refractivity (Wildman–Crippen MR) is 50.2 cm³/mol. The molecule has 0 aromatic heterocycles. The number of nitro groups is 1. The first-order valence-electron chi connectivity index (χ1n) is 4.10. The molecule has 1 N–H and O–H groups in total. The van der Waals surface area contributed by atoms with Crippen molar-refractivity contribution >= 4 is 11.7 Å². The lowest BCUT2D eigenvalue weighted by atomic mass is 10.2. The number of ether oxygens (including phenoxy) is 1. The van der Waals surface area contributed by atoms with Crippen molar-refractivity contribution in [2.75, 3.05) is 0 Å². The van der Waals surface area contributed by atoms with E-state index in [-0.39, 0.29) is 6.61 Å². The molecule has 6 heteroatoms. The Balaban J connectivity index is 2.87. The van der Waals surface area contributed by atoms with Gasteiger partial charge in [-0.3, -0.25) is 14.9 Å². The van der Waals surface area contributed by atoms with Crippen LogP contribution in [0.5, 0.6) is 5.75 Å². The first-order valence-corrected chi connectivity index (χ1v) is 4.10. The zero-order valence-corrected chi connectivity index (χ0v) is 7.97. The number of nitro benzene ring substituents is 1. The second-order valence-electron chi connectivity index (χ2n) is 2.86. The lowest BCUT2D eigenvalue weighted by molar-refractivity contribution is -0.385. The van der Waals surface area contributed by atoms with E-state index in [1.807, 2.05) is 0 Å². The molecule has 1 rings (SSSR count). The van der Waals surface area contributed by atoms with Crippen molar-refractivity contribution in [1.82, 2.24) is 0 Å². The smallest absolute Gasteiger partial charge is 0.311 e. The van der Waals surface area contributed by atoms with Crippen LogP contribution < -0.4 is 0 Å². The minimum Gasteiger partial charge on any atom is -0.502 e. The minimum absolute atomic E-state index is 0.0452. The molecule has 0 saturated carbocycles. The molecule has 0 fully saturated rings. The molecule has 0 spiro atoms. The largest absolute Gasteiger partial charge is 0.502 e. The third kappa shape index (κ3) is 2.94. The third-order valence-electron chi connectivity index (χ3n) is 1.68. The second kappa shape index (κ2) is 4.41. The SMILES string of the molecule is CC(=O)OCc1ccc(O)c([N+](=O)[O-])c1. The summed E-state index contributed by atoms with van der Waals surface area (Å²) in [6.45, 7) is 1.20. The van der Waals surface area contributed by atoms with Crippen molar-refractivity contribution in [3.8, 4) is 5.75 Å². The highest BCUT2D eigenvalue weighted by Crippen LogP contribution is 2.26. The summed E-state index contributed by atoms with van der Waals surface area (Å²) in [5, 5.41) is 19.6. The number of phenols is 1. The molecular weight excluding hydrogens is 202 g/mol. The molecule has 80 valence electrons. The van der Waals surface area contributed by atoms with Crippen molar-refractivity contribution in [3.05, 3.63) is 33.9 Å². The van der Waals surface area contributed by atoms with Crippen LogP contribution in [0.2, 0.25) is 0 Å². The highest BCUT2D eigenvalue weighted by Gasteiger charge is 2.13. The van der Waals surface area contributed by atoms with Crippen LogP contribution in [0.4, 0.5) is 5.69 Å². The van der Waals surface area contributed by atoms with Gasteiger partial charge >= 0.3 is 11.7 Å². The maximum atomic E-state index is 10.5. The van der Waals surface area contributed by atoms with Gasteiger partial charge in [0, 0.05) is 13.0 Å². The summed E-state index contributed by atoms with van der Waals surface area (Å²) in [5.41, 5.74) is 0.0503. The van der Waals surface area contributed by atoms with Crippen LogP contribution >= 0.6 is 0 Å². The van der Waals surface area contributed by atoms with E-state index in [1.54, 1.807) is 0 Å². The van der Waals surface area contributed by atoms with E-state index in [4.69, 9.17) is 5.11 Å². The summed E-state index contributed by atoms with van der Waals surface area (Å²) in [7, 11) is 0. The molecule has 6 nitrogen and oxygen atoms in total. The fraction of sp³-hybridized carbons (Fsp3) is 0.222. The predicted octanol–water partition coefficient (Wildman–Crippen LogP) is 1.36. The summed E-state index contributed by atoms with van der Waals surface area (Å²) in [6.07, 6.45) is 0. The van der Waals surface area contributed by atoms with Crippen LogP contribution in [0.3, 0.4) is 0 Å². The molecule has 0 aliphatic rings. The Bertz CT molecular complexity index is 401. The first-order chi connectivity index (χ1) is 7.00. The number of nitrogens with zero attached hydrogens (tertiary/aromatic N) is 1. The average molecular weight is 211 g/mol. The zero-order chi connectivity index (χ0) is 11.4. The van der Waals surface area contributed by atoms with Crippen molar-refractivity contribution in [1.29, 1.82) is 0 Å². The average Bonchev–Trinajstić information content (AvgIpc) is 2.16. The molecule has 0 aliphatic carbocycles. The summed E-state index contributed by atoms with van der Waals surface area (Å²) < 4.78 is 4.66. The van der Waals surface area contributed by atoms with E-state index in [9.17, 15) is 14.9 Å². The molecule has 0 saturated heterocycles. The lowest BCUT2D eigenvalue weighted by Crippen LogP contribution is -1.99. The monoisotopic (exact) mass is 211 g/mol. The van der Waals surface area contributed by atoms with E-state index in [0.29, 0.717) is 5.56 Å². The quantitative estimate of drug-likeness (QED) is 0.463. The Labute approximate surface area is 85.2 Å². The summed E-state index contributed by atoms with van der Waals surface area (Å²) in [5.74, 6) is -0.877. The van der Waals surface area contributed by atoms with Crippen LogP contribution in [0.1, 0.15) is 12.5 Å². The normalized spacial score (nSPS) is 9.67. The van der Waals surface area contributed by atoms with Gasteiger partial charge in [-0.1, -0.05) is 6.07 Å². The molecule has 1 aromatic rings. The number of carbonyl (C=O) groups excluding carboxylic acids is 1. The summed E-state index contributed by atoms with van der Waals surface area (Å²) in [4.78, 5) is 20.2. The van der Waals surface area contributed by atoms with E-state index in [1.165, 1.54) is 19.1 Å². The van der Waals surface area contributed by atoms with Crippen LogP contribution in [-0.4, -0.2) is 16.0 Å². The standard InChI is InChI=1S/C9H9NO5/c1-6(11)15-5-7-2-3-9(12)8(4-7)10(13)14/h2-4,12H,5H2,1H3. The molecule has 15 heavy (non-hydrogen) atoms. The lowest BCUT2D eigenvalue weighted by Gasteiger charge is -2.02. The number of phenolic OH excluding ortho intramolecular Hbond substituents is 1. The zero-order valence-electron chi connectivity index (χ0n) is 7.97. The van der Waals surface area contributed by atoms with Crippen molar-refractivity contribution < 1.29 is 19.6 Å². The molecule has 0 bridgehead atoms. The van der Waals surface area contributed by atoms with Gasteiger partial charge in [-0.25, -0.2) is 0 Å². The topological polar surface area (TPSA) is 89.7 Å². The number of hydrogen-bond acceptors (Lipinski definition) is 5. The number of rotatable bonds is 3.